The number of nitrogens with zero attached hydrogens (tertiary/aromatic N) is 3. The number of pyridine rings is 1. The van der Waals surface area contributed by atoms with Gasteiger partial charge >= 0.3 is 0 Å². The molecule has 1 aromatic carbocycles. The zero-order valence-corrected chi connectivity index (χ0v) is 18.9. The van der Waals surface area contributed by atoms with Crippen molar-refractivity contribution in [2.45, 2.75) is 20.4 Å². The topological polar surface area (TPSA) is 70.6 Å². The minimum Gasteiger partial charge on any atom is -0.381 e. The van der Waals surface area contributed by atoms with Crippen LogP contribution in [0, 0.1) is 5.92 Å². The SMILES string of the molecule is CC(C)CNc1c(CN)c(-c2ccc(Cl)cc2Cl)cn2c(N3CCNCC3)cnc12. The van der Waals surface area contributed by atoms with Crippen molar-refractivity contribution in [2.24, 2.45) is 11.7 Å². The van der Waals surface area contributed by atoms with Gasteiger partial charge < -0.3 is 21.3 Å². The molecular weight excluding hydrogens is 419 g/mol. The normalized spacial score (nSPS) is 14.7. The quantitative estimate of drug-likeness (QED) is 0.527. The molecule has 3 aromatic rings. The van der Waals surface area contributed by atoms with Crippen LogP contribution in [0.3, 0.4) is 0 Å². The molecule has 1 fully saturated rings. The Morgan fingerprint density at radius 1 is 1.20 bits per heavy atom. The van der Waals surface area contributed by atoms with Crippen molar-refractivity contribution < 1.29 is 0 Å². The van der Waals surface area contributed by atoms with E-state index in [9.17, 15) is 0 Å². The van der Waals surface area contributed by atoms with E-state index in [1.165, 1.54) is 0 Å². The van der Waals surface area contributed by atoms with Gasteiger partial charge in [0.1, 0.15) is 5.82 Å². The number of hydrogen-bond donors (Lipinski definition) is 3. The van der Waals surface area contributed by atoms with E-state index in [4.69, 9.17) is 33.9 Å². The van der Waals surface area contributed by atoms with Crippen LogP contribution in [-0.4, -0.2) is 42.1 Å². The molecule has 0 spiro atoms. The maximum Gasteiger partial charge on any atom is 0.162 e. The summed E-state index contributed by atoms with van der Waals surface area (Å²) in [7, 11) is 0. The highest BCUT2D eigenvalue weighted by Crippen LogP contribution is 2.38. The van der Waals surface area contributed by atoms with E-state index in [1.807, 2.05) is 18.3 Å². The molecule has 0 unspecified atom stereocenters. The highest BCUT2D eigenvalue weighted by Gasteiger charge is 2.22. The molecule has 1 saturated heterocycles. The molecule has 0 saturated carbocycles. The molecule has 2 aromatic heterocycles. The first kappa shape index (κ1) is 21.2. The van der Waals surface area contributed by atoms with Gasteiger partial charge in [-0.25, -0.2) is 4.98 Å². The minimum atomic E-state index is 0.376. The molecule has 30 heavy (non-hydrogen) atoms. The Kier molecular flexibility index (Phi) is 6.39. The van der Waals surface area contributed by atoms with Gasteiger partial charge in [0.25, 0.3) is 0 Å². The number of benzene rings is 1. The van der Waals surface area contributed by atoms with Crippen LogP contribution in [0.4, 0.5) is 11.5 Å². The summed E-state index contributed by atoms with van der Waals surface area (Å²) in [5.74, 6) is 1.56. The Balaban J connectivity index is 1.94. The van der Waals surface area contributed by atoms with Gasteiger partial charge in [-0.05, 0) is 18.1 Å². The third-order valence-electron chi connectivity index (χ3n) is 5.44. The summed E-state index contributed by atoms with van der Waals surface area (Å²) < 4.78 is 2.16. The molecule has 1 aliphatic heterocycles. The van der Waals surface area contributed by atoms with E-state index < -0.39 is 0 Å². The van der Waals surface area contributed by atoms with Gasteiger partial charge in [-0.15, -0.1) is 0 Å². The van der Waals surface area contributed by atoms with Gasteiger partial charge in [0.05, 0.1) is 11.9 Å². The molecule has 0 atom stereocenters. The molecule has 0 bridgehead atoms. The monoisotopic (exact) mass is 446 g/mol. The molecule has 4 rings (SSSR count). The van der Waals surface area contributed by atoms with Gasteiger partial charge in [-0.2, -0.15) is 0 Å². The van der Waals surface area contributed by atoms with Crippen LogP contribution in [-0.2, 0) is 6.54 Å². The number of nitrogens with two attached hydrogens (primary N) is 1. The molecule has 160 valence electrons. The van der Waals surface area contributed by atoms with E-state index in [0.717, 1.165) is 66.6 Å². The molecule has 4 N–H and O–H groups in total. The number of rotatable bonds is 6. The zero-order valence-electron chi connectivity index (χ0n) is 17.4. The predicted octanol–water partition coefficient (Wildman–Crippen LogP) is 4.24. The Morgan fingerprint density at radius 2 is 1.97 bits per heavy atom. The van der Waals surface area contributed by atoms with E-state index in [0.29, 0.717) is 22.5 Å². The van der Waals surface area contributed by atoms with Crippen LogP contribution >= 0.6 is 23.2 Å². The van der Waals surface area contributed by atoms with Gasteiger partial charge in [-0.1, -0.05) is 43.1 Å². The molecule has 6 nitrogen and oxygen atoms in total. The highest BCUT2D eigenvalue weighted by molar-refractivity contribution is 6.36. The van der Waals surface area contributed by atoms with Gasteiger partial charge in [0.15, 0.2) is 5.65 Å². The summed E-state index contributed by atoms with van der Waals surface area (Å²) in [5, 5.41) is 8.23. The smallest absolute Gasteiger partial charge is 0.162 e. The molecule has 3 heterocycles. The lowest BCUT2D eigenvalue weighted by Gasteiger charge is -2.29. The second-order valence-electron chi connectivity index (χ2n) is 8.05. The number of hydrogen-bond acceptors (Lipinski definition) is 5. The van der Waals surface area contributed by atoms with Crippen molar-refractivity contribution >= 4 is 40.4 Å². The second-order valence-corrected chi connectivity index (χ2v) is 8.89. The lowest BCUT2D eigenvalue weighted by Crippen LogP contribution is -2.44. The lowest BCUT2D eigenvalue weighted by molar-refractivity contribution is 0.584. The molecule has 0 aliphatic carbocycles. The number of aromatic nitrogens is 2. The van der Waals surface area contributed by atoms with Crippen LogP contribution in [0.5, 0.6) is 0 Å². The summed E-state index contributed by atoms with van der Waals surface area (Å²) >= 11 is 12.7. The molecule has 8 heteroatoms. The maximum atomic E-state index is 6.60. The first-order chi connectivity index (χ1) is 14.5. The summed E-state index contributed by atoms with van der Waals surface area (Å²) in [4.78, 5) is 7.14. The highest BCUT2D eigenvalue weighted by atomic mass is 35.5. The van der Waals surface area contributed by atoms with Crippen LogP contribution in [0.2, 0.25) is 10.0 Å². The van der Waals surface area contributed by atoms with E-state index >= 15 is 0 Å². The largest absolute Gasteiger partial charge is 0.381 e. The first-order valence-corrected chi connectivity index (χ1v) is 11.1. The van der Waals surface area contributed by atoms with Crippen LogP contribution in [0.25, 0.3) is 16.8 Å². The molecule has 0 radical (unpaired) electrons. The van der Waals surface area contributed by atoms with Crippen molar-refractivity contribution in [2.75, 3.05) is 42.9 Å². The predicted molar refractivity (Wildman–Crippen MR) is 127 cm³/mol. The Labute approximate surface area is 187 Å². The fourth-order valence-electron chi connectivity index (χ4n) is 3.91. The van der Waals surface area contributed by atoms with E-state index in [-0.39, 0.29) is 0 Å². The molecule has 0 amide bonds. The van der Waals surface area contributed by atoms with Crippen molar-refractivity contribution in [3.63, 3.8) is 0 Å². The summed E-state index contributed by atoms with van der Waals surface area (Å²) in [6.45, 7) is 9.38. The minimum absolute atomic E-state index is 0.376. The first-order valence-electron chi connectivity index (χ1n) is 10.4. The molecule has 1 aliphatic rings. The Morgan fingerprint density at radius 3 is 2.63 bits per heavy atom. The zero-order chi connectivity index (χ0) is 21.3. The average Bonchev–Trinajstić information content (AvgIpc) is 3.15. The van der Waals surface area contributed by atoms with Crippen molar-refractivity contribution in [1.29, 1.82) is 0 Å². The van der Waals surface area contributed by atoms with Crippen LogP contribution in [0.15, 0.2) is 30.6 Å². The standard InChI is InChI=1S/C22H28Cl2N6/c1-14(2)11-27-21-17(10-25)18(16-4-3-15(23)9-19(16)24)13-30-20(12-28-22(21)30)29-7-5-26-6-8-29/h3-4,9,12-14,26-27H,5-8,10-11,25H2,1-2H3. The number of piperazine rings is 1. The van der Waals surface area contributed by atoms with Gasteiger partial charge in [-0.3, -0.25) is 4.40 Å². The number of nitrogens with one attached hydrogen (secondary N) is 2. The second kappa shape index (κ2) is 9.02. The number of halogens is 2. The Bertz CT molecular complexity index is 1040. The molecular formula is C22H28Cl2N6. The van der Waals surface area contributed by atoms with E-state index in [2.05, 4.69) is 40.0 Å². The Hall–Kier alpha value is -1.99. The van der Waals surface area contributed by atoms with Crippen LogP contribution in [0.1, 0.15) is 19.4 Å². The van der Waals surface area contributed by atoms with Gasteiger partial charge in [0, 0.05) is 72.2 Å². The average molecular weight is 447 g/mol. The lowest BCUT2D eigenvalue weighted by atomic mass is 10.00. The summed E-state index contributed by atoms with van der Waals surface area (Å²) in [6.07, 6.45) is 4.06. The van der Waals surface area contributed by atoms with Crippen molar-refractivity contribution in [1.82, 2.24) is 14.7 Å². The number of fused-ring (bicyclic) bond motifs is 1. The van der Waals surface area contributed by atoms with Crippen LogP contribution < -0.4 is 21.3 Å². The summed E-state index contributed by atoms with van der Waals surface area (Å²) in [5.41, 5.74) is 11.0. The summed E-state index contributed by atoms with van der Waals surface area (Å²) in [6, 6.07) is 5.59. The fourth-order valence-corrected chi connectivity index (χ4v) is 4.42. The van der Waals surface area contributed by atoms with Crippen molar-refractivity contribution in [3.8, 4) is 11.1 Å². The van der Waals surface area contributed by atoms with Gasteiger partial charge in [0.2, 0.25) is 0 Å². The van der Waals surface area contributed by atoms with E-state index in [1.54, 1.807) is 6.07 Å². The third kappa shape index (κ3) is 4.10. The maximum absolute atomic E-state index is 6.60. The van der Waals surface area contributed by atoms with Crippen molar-refractivity contribution in [3.05, 3.63) is 46.2 Å². The number of anilines is 2. The fraction of sp³-hybridized carbons (Fsp3) is 0.409. The third-order valence-corrected chi connectivity index (χ3v) is 5.99. The number of imidazole rings is 1.